The van der Waals surface area contributed by atoms with Crippen LogP contribution in [0.3, 0.4) is 0 Å². The van der Waals surface area contributed by atoms with Crippen molar-refractivity contribution in [2.24, 2.45) is 5.73 Å². The molecule has 0 amide bonds. The molecule has 1 aliphatic heterocycles. The lowest BCUT2D eigenvalue weighted by molar-refractivity contribution is 0.167. The molecule has 0 aliphatic carbocycles. The number of nitrogens with zero attached hydrogens (tertiary/aromatic N) is 2. The second-order valence-electron chi connectivity index (χ2n) is 5.51. The number of hydrogen-bond acceptors (Lipinski definition) is 4. The van der Waals surface area contributed by atoms with Crippen LogP contribution in [-0.2, 0) is 0 Å². The lowest BCUT2D eigenvalue weighted by atomic mass is 9.96. The van der Waals surface area contributed by atoms with Gasteiger partial charge >= 0.3 is 0 Å². The van der Waals surface area contributed by atoms with Crippen molar-refractivity contribution in [1.29, 1.82) is 0 Å². The highest BCUT2D eigenvalue weighted by Gasteiger charge is 2.31. The molecular weight excluding hydrogens is 254 g/mol. The first kappa shape index (κ1) is 14.8. The third-order valence-corrected chi connectivity index (χ3v) is 4.99. The molecule has 106 valence electrons. The van der Waals surface area contributed by atoms with E-state index in [9.17, 15) is 0 Å². The minimum Gasteiger partial charge on any atom is -0.326 e. The van der Waals surface area contributed by atoms with Gasteiger partial charge in [-0.1, -0.05) is 20.8 Å². The van der Waals surface area contributed by atoms with Crippen LogP contribution in [0.15, 0.2) is 24.5 Å². The summed E-state index contributed by atoms with van der Waals surface area (Å²) in [5, 5.41) is 1.36. The van der Waals surface area contributed by atoms with Gasteiger partial charge in [0, 0.05) is 42.0 Å². The molecule has 2 rings (SSSR count). The van der Waals surface area contributed by atoms with E-state index in [-0.39, 0.29) is 6.04 Å². The molecule has 4 atom stereocenters. The molecule has 0 radical (unpaired) electrons. The summed E-state index contributed by atoms with van der Waals surface area (Å²) in [4.78, 5) is 6.69. The number of hydrogen-bond donors (Lipinski definition) is 1. The quantitative estimate of drug-likeness (QED) is 0.920. The van der Waals surface area contributed by atoms with E-state index in [0.29, 0.717) is 16.5 Å². The van der Waals surface area contributed by atoms with Crippen molar-refractivity contribution >= 4 is 11.8 Å². The van der Waals surface area contributed by atoms with Crippen LogP contribution in [0.1, 0.15) is 38.8 Å². The van der Waals surface area contributed by atoms with Crippen LogP contribution in [0.25, 0.3) is 0 Å². The topological polar surface area (TPSA) is 42.1 Å². The molecule has 1 aromatic rings. The molecule has 19 heavy (non-hydrogen) atoms. The van der Waals surface area contributed by atoms with Crippen molar-refractivity contribution in [3.63, 3.8) is 0 Å². The second kappa shape index (κ2) is 6.73. The van der Waals surface area contributed by atoms with E-state index in [1.807, 2.05) is 12.4 Å². The average Bonchev–Trinajstić information content (AvgIpc) is 2.39. The van der Waals surface area contributed by atoms with E-state index >= 15 is 0 Å². The molecule has 4 heteroatoms. The highest BCUT2D eigenvalue weighted by atomic mass is 32.2. The fourth-order valence-electron chi connectivity index (χ4n) is 2.96. The highest BCUT2D eigenvalue weighted by molar-refractivity contribution is 8.00. The van der Waals surface area contributed by atoms with Gasteiger partial charge in [-0.2, -0.15) is 11.8 Å². The van der Waals surface area contributed by atoms with E-state index in [4.69, 9.17) is 5.73 Å². The summed E-state index contributed by atoms with van der Waals surface area (Å²) in [6, 6.07) is 4.72. The fourth-order valence-corrected chi connectivity index (χ4v) is 4.31. The van der Waals surface area contributed by atoms with Crippen LogP contribution in [0, 0.1) is 0 Å². The maximum atomic E-state index is 6.40. The molecule has 0 saturated carbocycles. The van der Waals surface area contributed by atoms with Gasteiger partial charge in [-0.3, -0.25) is 9.88 Å². The van der Waals surface area contributed by atoms with Crippen LogP contribution >= 0.6 is 11.8 Å². The Morgan fingerprint density at radius 3 is 2.42 bits per heavy atom. The molecule has 1 aromatic heterocycles. The largest absolute Gasteiger partial charge is 0.326 e. The van der Waals surface area contributed by atoms with Crippen molar-refractivity contribution in [2.75, 3.05) is 13.1 Å². The number of rotatable bonds is 4. The van der Waals surface area contributed by atoms with Crippen molar-refractivity contribution in [3.05, 3.63) is 30.1 Å². The van der Waals surface area contributed by atoms with Gasteiger partial charge in [0.2, 0.25) is 0 Å². The van der Waals surface area contributed by atoms with Crippen LogP contribution in [0.5, 0.6) is 0 Å². The number of nitrogens with two attached hydrogens (primary N) is 1. The summed E-state index contributed by atoms with van der Waals surface area (Å²) in [5.41, 5.74) is 7.70. The first-order valence-corrected chi connectivity index (χ1v) is 8.11. The van der Waals surface area contributed by atoms with Crippen molar-refractivity contribution in [1.82, 2.24) is 9.88 Å². The highest BCUT2D eigenvalue weighted by Crippen LogP contribution is 2.32. The zero-order chi connectivity index (χ0) is 13.8. The molecule has 3 nitrogen and oxygen atoms in total. The minimum atomic E-state index is 0.185. The Balaban J connectivity index is 2.23. The van der Waals surface area contributed by atoms with Crippen LogP contribution in [-0.4, -0.2) is 39.5 Å². The average molecular weight is 279 g/mol. The normalized spacial score (nSPS) is 28.0. The van der Waals surface area contributed by atoms with E-state index in [1.165, 1.54) is 5.56 Å². The Labute approximate surface area is 121 Å². The van der Waals surface area contributed by atoms with Crippen molar-refractivity contribution in [2.45, 2.75) is 49.8 Å². The number of thioether (sulfide) groups is 1. The van der Waals surface area contributed by atoms with Gasteiger partial charge in [-0.25, -0.2) is 0 Å². The minimum absolute atomic E-state index is 0.185. The molecule has 1 saturated heterocycles. The standard InChI is InChI=1S/C15H25N3S/c1-4-14(16)15(13-5-7-17-8-6-13)18-9-11(2)19-12(3)10-18/h5-8,11-12,14-15H,4,9-10,16H2,1-3H3. The number of pyridine rings is 1. The monoisotopic (exact) mass is 279 g/mol. The molecule has 1 aliphatic rings. The Hall–Kier alpha value is -0.580. The predicted molar refractivity (Wildman–Crippen MR) is 83.3 cm³/mol. The van der Waals surface area contributed by atoms with Gasteiger partial charge in [-0.05, 0) is 24.1 Å². The Morgan fingerprint density at radius 1 is 1.32 bits per heavy atom. The Kier molecular flexibility index (Phi) is 5.25. The first-order valence-electron chi connectivity index (χ1n) is 7.16. The predicted octanol–water partition coefficient (Wildman–Crippen LogP) is 2.69. The molecule has 0 spiro atoms. The van der Waals surface area contributed by atoms with Gasteiger partial charge < -0.3 is 5.73 Å². The SMILES string of the molecule is CCC(N)C(c1ccncc1)N1CC(C)SC(C)C1. The van der Waals surface area contributed by atoms with Gasteiger partial charge in [0.1, 0.15) is 0 Å². The third-order valence-electron chi connectivity index (χ3n) is 3.77. The fraction of sp³-hybridized carbons (Fsp3) is 0.667. The lowest BCUT2D eigenvalue weighted by Crippen LogP contribution is -2.48. The maximum absolute atomic E-state index is 6.40. The summed E-state index contributed by atoms with van der Waals surface area (Å²) in [6.45, 7) is 9.04. The van der Waals surface area contributed by atoms with E-state index in [2.05, 4.69) is 54.5 Å². The van der Waals surface area contributed by atoms with Crippen LogP contribution in [0.4, 0.5) is 0 Å². The summed E-state index contributed by atoms with van der Waals surface area (Å²) >= 11 is 2.08. The van der Waals surface area contributed by atoms with Crippen LogP contribution < -0.4 is 5.73 Å². The molecule has 2 N–H and O–H groups in total. The molecule has 0 aromatic carbocycles. The zero-order valence-corrected chi connectivity index (χ0v) is 12.9. The summed E-state index contributed by atoms with van der Waals surface area (Å²) in [7, 11) is 0. The van der Waals surface area contributed by atoms with Gasteiger partial charge in [0.25, 0.3) is 0 Å². The first-order chi connectivity index (χ1) is 9.11. The molecule has 1 fully saturated rings. The second-order valence-corrected chi connectivity index (χ2v) is 7.39. The zero-order valence-electron chi connectivity index (χ0n) is 12.1. The summed E-state index contributed by atoms with van der Waals surface area (Å²) in [5.74, 6) is 0. The Morgan fingerprint density at radius 2 is 1.89 bits per heavy atom. The molecule has 0 bridgehead atoms. The van der Waals surface area contributed by atoms with E-state index in [0.717, 1.165) is 19.5 Å². The lowest BCUT2D eigenvalue weighted by Gasteiger charge is -2.42. The maximum Gasteiger partial charge on any atom is 0.0501 e. The van der Waals surface area contributed by atoms with Crippen molar-refractivity contribution in [3.8, 4) is 0 Å². The smallest absolute Gasteiger partial charge is 0.0501 e. The van der Waals surface area contributed by atoms with Crippen LogP contribution in [0.2, 0.25) is 0 Å². The molecule has 4 unspecified atom stereocenters. The van der Waals surface area contributed by atoms with Gasteiger partial charge in [-0.15, -0.1) is 0 Å². The van der Waals surface area contributed by atoms with E-state index < -0.39 is 0 Å². The Bertz CT molecular complexity index is 374. The third kappa shape index (κ3) is 3.71. The van der Waals surface area contributed by atoms with E-state index in [1.54, 1.807) is 0 Å². The van der Waals surface area contributed by atoms with Gasteiger partial charge in [0.15, 0.2) is 0 Å². The summed E-state index contributed by atoms with van der Waals surface area (Å²) < 4.78 is 0. The van der Waals surface area contributed by atoms with Crippen molar-refractivity contribution < 1.29 is 0 Å². The van der Waals surface area contributed by atoms with Gasteiger partial charge in [0.05, 0.1) is 6.04 Å². The molecule has 2 heterocycles. The number of aromatic nitrogens is 1. The summed E-state index contributed by atoms with van der Waals surface area (Å²) in [6.07, 6.45) is 4.74. The molecular formula is C15H25N3S.